The van der Waals surface area contributed by atoms with Crippen LogP contribution in [-0.2, 0) is 0 Å². The number of hydrogen-bond acceptors (Lipinski definition) is 4. The summed E-state index contributed by atoms with van der Waals surface area (Å²) in [5, 5.41) is 2.84. The maximum Gasteiger partial charge on any atom is 0.251 e. The van der Waals surface area contributed by atoms with Crippen LogP contribution in [0.4, 0.5) is 0 Å². The Morgan fingerprint density at radius 3 is 2.57 bits per heavy atom. The van der Waals surface area contributed by atoms with Crippen molar-refractivity contribution >= 4 is 30.7 Å². The Bertz CT molecular complexity index is 595. The van der Waals surface area contributed by atoms with Gasteiger partial charge in [0.2, 0.25) is 0 Å². The van der Waals surface area contributed by atoms with Crippen molar-refractivity contribution in [3.05, 3.63) is 54.4 Å². The molecule has 1 atom stereocenters. The summed E-state index contributed by atoms with van der Waals surface area (Å²) >= 11 is 0. The van der Waals surface area contributed by atoms with Crippen LogP contribution in [0, 0.1) is 0 Å². The van der Waals surface area contributed by atoms with Crippen molar-refractivity contribution < 1.29 is 9.53 Å². The number of nitrogens with one attached hydrogen (secondary N) is 1. The van der Waals surface area contributed by atoms with Crippen LogP contribution in [0.25, 0.3) is 0 Å². The summed E-state index contributed by atoms with van der Waals surface area (Å²) in [5.74, 6) is 1.16. The molecule has 1 aromatic carbocycles. The third-order valence-electron chi connectivity index (χ3n) is 2.87. The molecule has 0 radical (unpaired) electrons. The zero-order valence-corrected chi connectivity index (χ0v) is 14.4. The fraction of sp³-hybridized carbons (Fsp3) is 0.250. The van der Waals surface area contributed by atoms with Gasteiger partial charge in [-0.1, -0.05) is 6.07 Å². The van der Waals surface area contributed by atoms with Crippen LogP contribution in [0.5, 0.6) is 11.5 Å². The van der Waals surface area contributed by atoms with Gasteiger partial charge in [0.25, 0.3) is 5.91 Å². The summed E-state index contributed by atoms with van der Waals surface area (Å²) < 4.78 is 5.67. The van der Waals surface area contributed by atoms with Crippen molar-refractivity contribution in [3.63, 3.8) is 0 Å². The highest BCUT2D eigenvalue weighted by Gasteiger charge is 2.07. The first-order chi connectivity index (χ1) is 10.1. The predicted molar refractivity (Wildman–Crippen MR) is 95.8 cm³/mol. The fourth-order valence-electron chi connectivity index (χ4n) is 1.76. The van der Waals surface area contributed by atoms with E-state index in [0.717, 1.165) is 6.42 Å². The molecule has 2 rings (SSSR count). The van der Waals surface area contributed by atoms with Crippen LogP contribution >= 0.6 is 24.8 Å². The smallest absolute Gasteiger partial charge is 0.251 e. The minimum Gasteiger partial charge on any atom is -0.457 e. The molecule has 1 aromatic heterocycles. The average molecular weight is 358 g/mol. The fourth-order valence-corrected chi connectivity index (χ4v) is 1.76. The number of hydrogen-bond donors (Lipinski definition) is 2. The lowest BCUT2D eigenvalue weighted by Crippen LogP contribution is -2.28. The van der Waals surface area contributed by atoms with E-state index >= 15 is 0 Å². The van der Waals surface area contributed by atoms with Gasteiger partial charge in [0.05, 0.1) is 0 Å². The normalized spacial score (nSPS) is 10.7. The number of benzene rings is 1. The third-order valence-corrected chi connectivity index (χ3v) is 2.87. The molecule has 7 heteroatoms. The van der Waals surface area contributed by atoms with Gasteiger partial charge in [0.1, 0.15) is 11.5 Å². The van der Waals surface area contributed by atoms with Crippen molar-refractivity contribution in [2.75, 3.05) is 6.54 Å². The monoisotopic (exact) mass is 357 g/mol. The highest BCUT2D eigenvalue weighted by Crippen LogP contribution is 2.21. The Morgan fingerprint density at radius 2 is 1.91 bits per heavy atom. The van der Waals surface area contributed by atoms with Crippen LogP contribution in [0.15, 0.2) is 48.8 Å². The van der Waals surface area contributed by atoms with E-state index in [9.17, 15) is 4.79 Å². The van der Waals surface area contributed by atoms with E-state index in [1.165, 1.54) is 0 Å². The second-order valence-corrected chi connectivity index (χ2v) is 4.83. The van der Waals surface area contributed by atoms with Crippen molar-refractivity contribution in [1.29, 1.82) is 0 Å². The molecule has 0 aliphatic rings. The summed E-state index contributed by atoms with van der Waals surface area (Å²) in [6, 6.07) is 10.6. The molecule has 0 spiro atoms. The molecule has 1 amide bonds. The van der Waals surface area contributed by atoms with E-state index < -0.39 is 0 Å². The molecule has 23 heavy (non-hydrogen) atoms. The maximum absolute atomic E-state index is 12.0. The Kier molecular flexibility index (Phi) is 9.97. The molecule has 5 nitrogen and oxygen atoms in total. The van der Waals surface area contributed by atoms with Gasteiger partial charge in [-0.25, -0.2) is 0 Å². The lowest BCUT2D eigenvalue weighted by atomic mass is 10.2. The number of ether oxygens (including phenoxy) is 1. The molecule has 1 heterocycles. The number of aromatic nitrogens is 1. The zero-order chi connectivity index (χ0) is 15.1. The number of amides is 1. The highest BCUT2D eigenvalue weighted by molar-refractivity contribution is 5.94. The van der Waals surface area contributed by atoms with Crippen LogP contribution in [0.2, 0.25) is 0 Å². The standard InChI is InChI=1S/C16H19N3O2.2ClH/c1-12(17)5-10-19-16(20)13-3-2-4-15(11-13)21-14-6-8-18-9-7-14;;/h2-4,6-9,11-12H,5,10,17H2,1H3,(H,19,20);2*1H. The quantitative estimate of drug-likeness (QED) is 0.832. The van der Waals surface area contributed by atoms with Crippen LogP contribution < -0.4 is 15.8 Å². The van der Waals surface area contributed by atoms with Crippen LogP contribution in [0.1, 0.15) is 23.7 Å². The second-order valence-electron chi connectivity index (χ2n) is 4.83. The van der Waals surface area contributed by atoms with Gasteiger partial charge in [0, 0.05) is 30.5 Å². The SMILES string of the molecule is CC(N)CCNC(=O)c1cccc(Oc2ccncc2)c1.Cl.Cl. The van der Waals surface area contributed by atoms with Crippen LogP contribution in [0.3, 0.4) is 0 Å². The minimum atomic E-state index is -0.129. The maximum atomic E-state index is 12.0. The molecule has 0 bridgehead atoms. The molecular formula is C16H21Cl2N3O2. The Hall–Kier alpha value is -1.82. The predicted octanol–water partition coefficient (Wildman–Crippen LogP) is 3.18. The first-order valence-electron chi connectivity index (χ1n) is 6.87. The average Bonchev–Trinajstić information content (AvgIpc) is 2.48. The molecule has 1 unspecified atom stereocenters. The van der Waals surface area contributed by atoms with E-state index in [0.29, 0.717) is 23.6 Å². The van der Waals surface area contributed by atoms with E-state index in [1.54, 1.807) is 48.8 Å². The van der Waals surface area contributed by atoms with E-state index in [2.05, 4.69) is 10.3 Å². The molecule has 0 saturated heterocycles. The summed E-state index contributed by atoms with van der Waals surface area (Å²) in [6.45, 7) is 2.47. The number of rotatable bonds is 6. The van der Waals surface area contributed by atoms with E-state index in [-0.39, 0.29) is 36.8 Å². The largest absolute Gasteiger partial charge is 0.457 e. The summed E-state index contributed by atoms with van der Waals surface area (Å²) in [7, 11) is 0. The summed E-state index contributed by atoms with van der Waals surface area (Å²) in [5.41, 5.74) is 6.21. The number of nitrogens with two attached hydrogens (primary N) is 1. The van der Waals surface area contributed by atoms with Gasteiger partial charge < -0.3 is 15.8 Å². The van der Waals surface area contributed by atoms with Gasteiger partial charge in [-0.05, 0) is 43.7 Å². The number of halogens is 2. The molecule has 3 N–H and O–H groups in total. The van der Waals surface area contributed by atoms with Gasteiger partial charge >= 0.3 is 0 Å². The van der Waals surface area contributed by atoms with Gasteiger partial charge in [-0.15, -0.1) is 24.8 Å². The molecule has 0 fully saturated rings. The van der Waals surface area contributed by atoms with Crippen LogP contribution in [-0.4, -0.2) is 23.5 Å². The summed E-state index contributed by atoms with van der Waals surface area (Å²) in [6.07, 6.45) is 4.05. The molecule has 126 valence electrons. The Balaban J connectivity index is 0.00000242. The second kappa shape index (κ2) is 10.8. The van der Waals surface area contributed by atoms with Gasteiger partial charge in [-0.3, -0.25) is 9.78 Å². The van der Waals surface area contributed by atoms with E-state index in [1.807, 2.05) is 6.92 Å². The number of pyridine rings is 1. The zero-order valence-electron chi connectivity index (χ0n) is 12.8. The van der Waals surface area contributed by atoms with Crippen molar-refractivity contribution in [2.45, 2.75) is 19.4 Å². The Labute approximate surface area is 148 Å². The topological polar surface area (TPSA) is 77.2 Å². The van der Waals surface area contributed by atoms with E-state index in [4.69, 9.17) is 10.5 Å². The van der Waals surface area contributed by atoms with Crippen molar-refractivity contribution in [3.8, 4) is 11.5 Å². The lowest BCUT2D eigenvalue weighted by Gasteiger charge is -2.09. The number of carbonyl (C=O) groups is 1. The highest BCUT2D eigenvalue weighted by atomic mass is 35.5. The molecule has 2 aromatic rings. The van der Waals surface area contributed by atoms with Gasteiger partial charge in [0.15, 0.2) is 0 Å². The number of carbonyl (C=O) groups excluding carboxylic acids is 1. The Morgan fingerprint density at radius 1 is 1.22 bits per heavy atom. The molecule has 0 saturated carbocycles. The first-order valence-corrected chi connectivity index (χ1v) is 6.87. The van der Waals surface area contributed by atoms with Crippen molar-refractivity contribution in [1.82, 2.24) is 10.3 Å². The summed E-state index contributed by atoms with van der Waals surface area (Å²) in [4.78, 5) is 15.9. The minimum absolute atomic E-state index is 0. The third kappa shape index (κ3) is 7.32. The molecule has 0 aliphatic heterocycles. The lowest BCUT2D eigenvalue weighted by molar-refractivity contribution is 0.0952. The molecule has 0 aliphatic carbocycles. The molecular weight excluding hydrogens is 337 g/mol. The number of nitrogens with zero attached hydrogens (tertiary/aromatic N) is 1. The van der Waals surface area contributed by atoms with Crippen molar-refractivity contribution in [2.24, 2.45) is 5.73 Å². The first kappa shape index (κ1) is 21.2. The van der Waals surface area contributed by atoms with Gasteiger partial charge in [-0.2, -0.15) is 0 Å².